The maximum absolute atomic E-state index is 5.13. The van der Waals surface area contributed by atoms with Crippen LogP contribution >= 0.6 is 0 Å². The summed E-state index contributed by atoms with van der Waals surface area (Å²) in [4.78, 5) is 4.45. The van der Waals surface area contributed by atoms with Gasteiger partial charge in [-0.2, -0.15) is 5.10 Å². The van der Waals surface area contributed by atoms with Crippen molar-refractivity contribution in [3.8, 4) is 0 Å². The quantitative estimate of drug-likeness (QED) is 0.798. The van der Waals surface area contributed by atoms with Crippen molar-refractivity contribution in [2.75, 3.05) is 19.5 Å². The minimum atomic E-state index is 0.492. The van der Waals surface area contributed by atoms with Crippen LogP contribution in [0.1, 0.15) is 11.4 Å². The summed E-state index contributed by atoms with van der Waals surface area (Å²) in [6.45, 7) is 2.45. The molecule has 0 aliphatic carbocycles. The van der Waals surface area contributed by atoms with Crippen LogP contribution in [0.2, 0.25) is 0 Å². The predicted octanol–water partition coefficient (Wildman–Crippen LogP) is 1.45. The summed E-state index contributed by atoms with van der Waals surface area (Å²) in [7, 11) is 3.50. The standard InChI is InChI=1S/C10H14N4O/c1-6-4-7-9(8(12-6)5-15-3)10(11-2)14-13-7/h4H,5H2,1-3H3,(H2,11,13,14). The lowest BCUT2D eigenvalue weighted by Crippen LogP contribution is -1.97. The second kappa shape index (κ2) is 3.86. The zero-order valence-corrected chi connectivity index (χ0v) is 9.09. The second-order valence-electron chi connectivity index (χ2n) is 3.39. The molecule has 0 aromatic carbocycles. The van der Waals surface area contributed by atoms with E-state index in [4.69, 9.17) is 4.74 Å². The van der Waals surface area contributed by atoms with Crippen LogP contribution in [0, 0.1) is 6.92 Å². The van der Waals surface area contributed by atoms with Crippen molar-refractivity contribution < 1.29 is 4.74 Å². The van der Waals surface area contributed by atoms with Gasteiger partial charge in [-0.3, -0.25) is 10.1 Å². The Bertz CT molecular complexity index is 477. The average Bonchev–Trinajstić information content (AvgIpc) is 2.61. The Labute approximate surface area is 87.9 Å². The number of nitrogens with one attached hydrogen (secondary N) is 2. The number of aryl methyl sites for hydroxylation is 1. The maximum Gasteiger partial charge on any atom is 0.157 e. The number of fused-ring (bicyclic) bond motifs is 1. The molecule has 0 atom stereocenters. The summed E-state index contributed by atoms with van der Waals surface area (Å²) in [5, 5.41) is 11.2. The molecule has 0 aliphatic rings. The summed E-state index contributed by atoms with van der Waals surface area (Å²) < 4.78 is 5.13. The number of hydrogen-bond acceptors (Lipinski definition) is 4. The minimum Gasteiger partial charge on any atom is -0.378 e. The van der Waals surface area contributed by atoms with E-state index in [-0.39, 0.29) is 0 Å². The topological polar surface area (TPSA) is 62.8 Å². The Morgan fingerprint density at radius 2 is 2.33 bits per heavy atom. The first-order chi connectivity index (χ1) is 7.26. The average molecular weight is 206 g/mol. The van der Waals surface area contributed by atoms with Gasteiger partial charge in [0.1, 0.15) is 0 Å². The summed E-state index contributed by atoms with van der Waals surface area (Å²) in [5.41, 5.74) is 2.85. The SMILES string of the molecule is CNc1n[nH]c2cc(C)nc(COC)c12. The Balaban J connectivity index is 2.67. The molecule has 5 heteroatoms. The van der Waals surface area contributed by atoms with E-state index in [1.165, 1.54) is 0 Å². The Kier molecular flexibility index (Phi) is 2.55. The smallest absolute Gasteiger partial charge is 0.157 e. The number of hydrogen-bond donors (Lipinski definition) is 2. The van der Waals surface area contributed by atoms with E-state index in [9.17, 15) is 0 Å². The van der Waals surface area contributed by atoms with E-state index in [0.29, 0.717) is 6.61 Å². The highest BCUT2D eigenvalue weighted by molar-refractivity contribution is 5.91. The van der Waals surface area contributed by atoms with Gasteiger partial charge in [0.05, 0.1) is 23.2 Å². The van der Waals surface area contributed by atoms with E-state index in [2.05, 4.69) is 20.5 Å². The van der Waals surface area contributed by atoms with Crippen molar-refractivity contribution in [1.82, 2.24) is 15.2 Å². The highest BCUT2D eigenvalue weighted by Crippen LogP contribution is 2.24. The van der Waals surface area contributed by atoms with Gasteiger partial charge >= 0.3 is 0 Å². The first-order valence-corrected chi connectivity index (χ1v) is 4.77. The molecule has 0 bridgehead atoms. The van der Waals surface area contributed by atoms with Gasteiger partial charge in [-0.05, 0) is 13.0 Å². The number of rotatable bonds is 3. The molecule has 0 unspecified atom stereocenters. The van der Waals surface area contributed by atoms with Crippen LogP contribution in [0.25, 0.3) is 10.9 Å². The fourth-order valence-corrected chi connectivity index (χ4v) is 1.68. The lowest BCUT2D eigenvalue weighted by Gasteiger charge is -2.04. The third-order valence-corrected chi connectivity index (χ3v) is 2.27. The van der Waals surface area contributed by atoms with Crippen LogP contribution in [-0.2, 0) is 11.3 Å². The highest BCUT2D eigenvalue weighted by atomic mass is 16.5. The highest BCUT2D eigenvalue weighted by Gasteiger charge is 2.11. The van der Waals surface area contributed by atoms with Crippen LogP contribution in [-0.4, -0.2) is 29.3 Å². The number of H-pyrrole nitrogens is 1. The van der Waals surface area contributed by atoms with E-state index in [1.807, 2.05) is 20.0 Å². The normalized spacial score (nSPS) is 10.9. The van der Waals surface area contributed by atoms with Crippen molar-refractivity contribution in [3.63, 3.8) is 0 Å². The van der Waals surface area contributed by atoms with E-state index in [0.717, 1.165) is 28.1 Å². The molecule has 2 heterocycles. The number of pyridine rings is 1. The van der Waals surface area contributed by atoms with Gasteiger partial charge in [0.25, 0.3) is 0 Å². The molecular weight excluding hydrogens is 192 g/mol. The second-order valence-corrected chi connectivity index (χ2v) is 3.39. The van der Waals surface area contributed by atoms with E-state index >= 15 is 0 Å². The molecule has 0 spiro atoms. The van der Waals surface area contributed by atoms with Gasteiger partial charge in [-0.25, -0.2) is 0 Å². The summed E-state index contributed by atoms with van der Waals surface area (Å²) in [5.74, 6) is 0.810. The van der Waals surface area contributed by atoms with Gasteiger partial charge in [0.2, 0.25) is 0 Å². The molecule has 0 radical (unpaired) electrons. The molecule has 2 N–H and O–H groups in total. The molecule has 2 rings (SSSR count). The van der Waals surface area contributed by atoms with Gasteiger partial charge < -0.3 is 10.1 Å². The molecule has 2 aromatic heterocycles. The van der Waals surface area contributed by atoms with Crippen LogP contribution < -0.4 is 5.32 Å². The van der Waals surface area contributed by atoms with E-state index in [1.54, 1.807) is 7.11 Å². The number of ether oxygens (including phenoxy) is 1. The third kappa shape index (κ3) is 1.66. The monoisotopic (exact) mass is 206 g/mol. The largest absolute Gasteiger partial charge is 0.378 e. The fraction of sp³-hybridized carbons (Fsp3) is 0.400. The molecule has 0 aliphatic heterocycles. The van der Waals surface area contributed by atoms with Gasteiger partial charge in [0.15, 0.2) is 5.82 Å². The molecule has 0 amide bonds. The molecule has 0 saturated heterocycles. The Morgan fingerprint density at radius 3 is 3.00 bits per heavy atom. The van der Waals surface area contributed by atoms with Crippen molar-refractivity contribution in [1.29, 1.82) is 0 Å². The van der Waals surface area contributed by atoms with Crippen molar-refractivity contribution >= 4 is 16.7 Å². The molecule has 15 heavy (non-hydrogen) atoms. The van der Waals surface area contributed by atoms with Gasteiger partial charge in [-0.15, -0.1) is 0 Å². The summed E-state index contributed by atoms with van der Waals surface area (Å²) in [6.07, 6.45) is 0. The third-order valence-electron chi connectivity index (χ3n) is 2.27. The van der Waals surface area contributed by atoms with E-state index < -0.39 is 0 Å². The first kappa shape index (κ1) is 9.92. The molecule has 2 aromatic rings. The Morgan fingerprint density at radius 1 is 1.53 bits per heavy atom. The van der Waals surface area contributed by atoms with Crippen LogP contribution in [0.5, 0.6) is 0 Å². The number of anilines is 1. The van der Waals surface area contributed by atoms with Gasteiger partial charge in [0, 0.05) is 19.9 Å². The number of aromatic amines is 1. The Hall–Kier alpha value is -1.62. The predicted molar refractivity (Wildman–Crippen MR) is 58.9 cm³/mol. The lowest BCUT2D eigenvalue weighted by atomic mass is 10.2. The zero-order valence-electron chi connectivity index (χ0n) is 9.09. The lowest BCUT2D eigenvalue weighted by molar-refractivity contribution is 0.182. The number of methoxy groups -OCH3 is 1. The molecular formula is C10H14N4O. The molecule has 0 saturated carbocycles. The van der Waals surface area contributed by atoms with Crippen LogP contribution in [0.4, 0.5) is 5.82 Å². The summed E-state index contributed by atoms with van der Waals surface area (Å²) in [6, 6.07) is 1.97. The van der Waals surface area contributed by atoms with Crippen molar-refractivity contribution in [2.24, 2.45) is 0 Å². The van der Waals surface area contributed by atoms with Crippen molar-refractivity contribution in [2.45, 2.75) is 13.5 Å². The van der Waals surface area contributed by atoms with Crippen LogP contribution in [0.15, 0.2) is 6.07 Å². The zero-order chi connectivity index (χ0) is 10.8. The fourth-order valence-electron chi connectivity index (χ4n) is 1.68. The minimum absolute atomic E-state index is 0.492. The number of nitrogens with zero attached hydrogens (tertiary/aromatic N) is 2. The summed E-state index contributed by atoms with van der Waals surface area (Å²) >= 11 is 0. The number of aromatic nitrogens is 3. The van der Waals surface area contributed by atoms with Crippen molar-refractivity contribution in [3.05, 3.63) is 17.5 Å². The molecule has 5 nitrogen and oxygen atoms in total. The van der Waals surface area contributed by atoms with Crippen LogP contribution in [0.3, 0.4) is 0 Å². The maximum atomic E-state index is 5.13. The molecule has 0 fully saturated rings. The first-order valence-electron chi connectivity index (χ1n) is 4.77. The molecule has 80 valence electrons. The van der Waals surface area contributed by atoms with Gasteiger partial charge in [-0.1, -0.05) is 0 Å².